The maximum absolute atomic E-state index is 9.20. The predicted octanol–water partition coefficient (Wildman–Crippen LogP) is 7.29. The van der Waals surface area contributed by atoms with Crippen LogP contribution < -0.4 is 4.74 Å². The van der Waals surface area contributed by atoms with Gasteiger partial charge in [-0.15, -0.1) is 0 Å². The molecule has 0 heterocycles. The summed E-state index contributed by atoms with van der Waals surface area (Å²) in [4.78, 5) is 0. The molecule has 2 aromatic rings. The quantitative estimate of drug-likeness (QED) is 0.238. The van der Waals surface area contributed by atoms with Crippen molar-refractivity contribution in [3.05, 3.63) is 66.2 Å². The smallest absolute Gasteiger partial charge is 0.237 e. The van der Waals surface area contributed by atoms with E-state index in [0.29, 0.717) is 19.1 Å². The van der Waals surface area contributed by atoms with Gasteiger partial charge in [-0.25, -0.2) is 0 Å². The molecule has 33 heavy (non-hydrogen) atoms. The van der Waals surface area contributed by atoms with Gasteiger partial charge >= 0.3 is 0 Å². The molecule has 1 aliphatic carbocycles. The molecular weight excluding hydrogens is 410 g/mol. The van der Waals surface area contributed by atoms with E-state index in [0.717, 1.165) is 56.3 Å². The molecule has 2 aromatic carbocycles. The third-order valence-corrected chi connectivity index (χ3v) is 6.62. The Bertz CT molecular complexity index is 861. The maximum Gasteiger partial charge on any atom is 0.237 e. The average molecular weight is 450 g/mol. The van der Waals surface area contributed by atoms with E-state index in [2.05, 4.69) is 25.1 Å². The highest BCUT2D eigenvalue weighted by molar-refractivity contribution is 5.22. The Morgan fingerprint density at radius 2 is 1.70 bits per heavy atom. The van der Waals surface area contributed by atoms with Crippen molar-refractivity contribution in [3.8, 4) is 11.8 Å². The van der Waals surface area contributed by atoms with Crippen LogP contribution in [0.25, 0.3) is 0 Å². The van der Waals surface area contributed by atoms with E-state index in [1.54, 1.807) is 0 Å². The van der Waals surface area contributed by atoms with Crippen LogP contribution in [0.2, 0.25) is 0 Å². The van der Waals surface area contributed by atoms with Crippen molar-refractivity contribution in [3.63, 3.8) is 0 Å². The Hall–Kier alpha value is -2.35. The summed E-state index contributed by atoms with van der Waals surface area (Å²) in [6.07, 6.45) is 6.75. The number of ether oxygens (including phenoxy) is 3. The minimum absolute atomic E-state index is 0.109. The Balaban J connectivity index is 1.66. The van der Waals surface area contributed by atoms with E-state index in [-0.39, 0.29) is 11.5 Å². The van der Waals surface area contributed by atoms with Gasteiger partial charge in [0.2, 0.25) is 5.79 Å². The SMILES string of the molecule is CCC1CC(OCCCCCC(C)(C)C#N)C(OCc2ccccc2)(Oc2ccccc2)C1. The van der Waals surface area contributed by atoms with E-state index in [4.69, 9.17) is 14.2 Å². The first-order valence-corrected chi connectivity index (χ1v) is 12.4. The molecule has 3 atom stereocenters. The van der Waals surface area contributed by atoms with Crippen molar-refractivity contribution in [2.45, 2.75) is 84.2 Å². The summed E-state index contributed by atoms with van der Waals surface area (Å²) in [7, 11) is 0. The number of benzene rings is 2. The van der Waals surface area contributed by atoms with Crippen LogP contribution in [0.4, 0.5) is 0 Å². The minimum atomic E-state index is -0.791. The molecule has 1 saturated carbocycles. The zero-order chi connectivity index (χ0) is 23.6. The summed E-state index contributed by atoms with van der Waals surface area (Å²) in [5.74, 6) is 0.529. The fourth-order valence-corrected chi connectivity index (χ4v) is 4.49. The van der Waals surface area contributed by atoms with Gasteiger partial charge in [0, 0.05) is 13.0 Å². The number of para-hydroxylation sites is 1. The summed E-state index contributed by atoms with van der Waals surface area (Å²) in [6, 6.07) is 22.6. The van der Waals surface area contributed by atoms with Crippen LogP contribution in [0.1, 0.15) is 71.3 Å². The summed E-state index contributed by atoms with van der Waals surface area (Å²) < 4.78 is 19.6. The summed E-state index contributed by atoms with van der Waals surface area (Å²) in [5.41, 5.74) is 0.886. The van der Waals surface area contributed by atoms with E-state index in [1.165, 1.54) is 0 Å². The number of hydrogen-bond donors (Lipinski definition) is 0. The first kappa shape index (κ1) is 25.3. The highest BCUT2D eigenvalue weighted by Gasteiger charge is 2.51. The van der Waals surface area contributed by atoms with Crippen molar-refractivity contribution < 1.29 is 14.2 Å². The van der Waals surface area contributed by atoms with Gasteiger partial charge in [0.15, 0.2) is 0 Å². The highest BCUT2D eigenvalue weighted by Crippen LogP contribution is 2.43. The molecule has 0 spiro atoms. The van der Waals surface area contributed by atoms with Crippen LogP contribution in [0, 0.1) is 22.7 Å². The van der Waals surface area contributed by atoms with Gasteiger partial charge < -0.3 is 14.2 Å². The molecule has 4 heteroatoms. The second-order valence-corrected chi connectivity index (χ2v) is 9.88. The number of unbranched alkanes of at least 4 members (excludes halogenated alkanes) is 2. The molecule has 0 bridgehead atoms. The zero-order valence-corrected chi connectivity index (χ0v) is 20.5. The van der Waals surface area contributed by atoms with E-state index < -0.39 is 5.79 Å². The van der Waals surface area contributed by atoms with Crippen molar-refractivity contribution in [2.24, 2.45) is 11.3 Å². The minimum Gasteiger partial charge on any atom is -0.459 e. The molecule has 0 radical (unpaired) electrons. The zero-order valence-electron chi connectivity index (χ0n) is 20.5. The Morgan fingerprint density at radius 1 is 1.00 bits per heavy atom. The molecule has 3 unspecified atom stereocenters. The van der Waals surface area contributed by atoms with Gasteiger partial charge in [-0.1, -0.05) is 74.7 Å². The standard InChI is InChI=1S/C29H39NO3/c1-4-24-20-27(31-19-13-7-12-18-28(2,3)23-30)29(21-24,33-26-16-10-6-11-17-26)32-22-25-14-8-5-9-15-25/h5-6,8-11,14-17,24,27H,4,7,12-13,18-22H2,1-3H3. The van der Waals surface area contributed by atoms with Crippen LogP contribution in [0.5, 0.6) is 5.75 Å². The Kier molecular flexibility index (Phi) is 9.35. The number of hydrogen-bond acceptors (Lipinski definition) is 4. The molecule has 178 valence electrons. The Morgan fingerprint density at radius 3 is 2.36 bits per heavy atom. The Labute approximate surface area is 199 Å². The van der Waals surface area contributed by atoms with Crippen molar-refractivity contribution in [1.82, 2.24) is 0 Å². The summed E-state index contributed by atoms with van der Waals surface area (Å²) >= 11 is 0. The summed E-state index contributed by atoms with van der Waals surface area (Å²) in [6.45, 7) is 7.42. The lowest BCUT2D eigenvalue weighted by atomic mass is 9.89. The van der Waals surface area contributed by atoms with Gasteiger partial charge in [0.1, 0.15) is 11.9 Å². The van der Waals surface area contributed by atoms with Crippen LogP contribution >= 0.6 is 0 Å². The lowest BCUT2D eigenvalue weighted by Crippen LogP contribution is -2.47. The number of nitrogens with zero attached hydrogens (tertiary/aromatic N) is 1. The maximum atomic E-state index is 9.20. The largest absolute Gasteiger partial charge is 0.459 e. The molecular formula is C29H39NO3. The molecule has 0 N–H and O–H groups in total. The van der Waals surface area contributed by atoms with Gasteiger partial charge in [0.25, 0.3) is 0 Å². The van der Waals surface area contributed by atoms with Crippen LogP contribution in [0.15, 0.2) is 60.7 Å². The average Bonchev–Trinajstić information content (AvgIpc) is 3.18. The van der Waals surface area contributed by atoms with Crippen LogP contribution in [-0.2, 0) is 16.1 Å². The van der Waals surface area contributed by atoms with Crippen molar-refractivity contribution in [2.75, 3.05) is 6.61 Å². The fraction of sp³-hybridized carbons (Fsp3) is 0.552. The summed E-state index contributed by atoms with van der Waals surface area (Å²) in [5, 5.41) is 9.20. The van der Waals surface area contributed by atoms with Gasteiger partial charge in [0.05, 0.1) is 18.1 Å². The molecule has 4 nitrogen and oxygen atoms in total. The molecule has 3 rings (SSSR count). The molecule has 0 aromatic heterocycles. The lowest BCUT2D eigenvalue weighted by Gasteiger charge is -2.36. The van der Waals surface area contributed by atoms with Gasteiger partial charge in [-0.05, 0) is 56.7 Å². The molecule has 1 fully saturated rings. The molecule has 1 aliphatic rings. The monoisotopic (exact) mass is 449 g/mol. The fourth-order valence-electron chi connectivity index (χ4n) is 4.49. The number of nitriles is 1. The van der Waals surface area contributed by atoms with E-state index in [9.17, 15) is 5.26 Å². The van der Waals surface area contributed by atoms with Gasteiger partial charge in [-0.3, -0.25) is 0 Å². The highest BCUT2D eigenvalue weighted by atomic mass is 16.7. The van der Waals surface area contributed by atoms with Crippen molar-refractivity contribution in [1.29, 1.82) is 5.26 Å². The normalized spacial score (nSPS) is 22.7. The molecule has 0 amide bonds. The first-order valence-electron chi connectivity index (χ1n) is 12.4. The van der Waals surface area contributed by atoms with E-state index in [1.807, 2.05) is 62.4 Å². The topological polar surface area (TPSA) is 51.5 Å². The van der Waals surface area contributed by atoms with Gasteiger partial charge in [-0.2, -0.15) is 5.26 Å². The van der Waals surface area contributed by atoms with Crippen LogP contribution in [-0.4, -0.2) is 18.5 Å². The second-order valence-electron chi connectivity index (χ2n) is 9.88. The molecule has 0 aliphatic heterocycles. The number of rotatable bonds is 13. The first-order chi connectivity index (χ1) is 16.0. The third-order valence-electron chi connectivity index (χ3n) is 6.62. The van der Waals surface area contributed by atoms with Crippen molar-refractivity contribution >= 4 is 0 Å². The third kappa shape index (κ3) is 7.59. The van der Waals surface area contributed by atoms with Crippen LogP contribution in [0.3, 0.4) is 0 Å². The second kappa shape index (κ2) is 12.2. The van der Waals surface area contributed by atoms with E-state index >= 15 is 0 Å². The molecule has 0 saturated heterocycles. The lowest BCUT2D eigenvalue weighted by molar-refractivity contribution is -0.243. The predicted molar refractivity (Wildman–Crippen MR) is 132 cm³/mol.